The predicted octanol–water partition coefficient (Wildman–Crippen LogP) is 2.14. The Morgan fingerprint density at radius 1 is 1.42 bits per heavy atom. The molecule has 0 heterocycles. The standard InChI is InChI=1S/C17H21N3O4/c1-12(2)24-8-4-7-19-11-14(10-18)16(21)20-15-6-3-5-13(9-15)17(22)23/h3,5-6,9,11-12,19H,4,7-8H2,1-2H3,(H,20,21)(H,22,23)/b14-11-. The summed E-state index contributed by atoms with van der Waals surface area (Å²) in [5, 5.41) is 23.4. The highest BCUT2D eigenvalue weighted by molar-refractivity contribution is 6.06. The lowest BCUT2D eigenvalue weighted by molar-refractivity contribution is -0.112. The Balaban J connectivity index is 2.54. The molecule has 0 radical (unpaired) electrons. The van der Waals surface area contributed by atoms with Gasteiger partial charge in [0.15, 0.2) is 0 Å². The number of carboxylic acids is 1. The van der Waals surface area contributed by atoms with Crippen LogP contribution in [0.15, 0.2) is 36.0 Å². The third-order valence-electron chi connectivity index (χ3n) is 2.90. The molecule has 0 aliphatic rings. The van der Waals surface area contributed by atoms with Gasteiger partial charge in [-0.1, -0.05) is 6.07 Å². The summed E-state index contributed by atoms with van der Waals surface area (Å²) in [6, 6.07) is 7.62. The van der Waals surface area contributed by atoms with Crippen molar-refractivity contribution in [2.75, 3.05) is 18.5 Å². The van der Waals surface area contributed by atoms with Crippen molar-refractivity contribution >= 4 is 17.6 Å². The van der Waals surface area contributed by atoms with Gasteiger partial charge in [0.25, 0.3) is 5.91 Å². The zero-order valence-corrected chi connectivity index (χ0v) is 13.7. The van der Waals surface area contributed by atoms with Crippen LogP contribution in [0.3, 0.4) is 0 Å². The van der Waals surface area contributed by atoms with Crippen LogP contribution in [-0.4, -0.2) is 36.2 Å². The van der Waals surface area contributed by atoms with Crippen molar-refractivity contribution in [3.63, 3.8) is 0 Å². The molecule has 0 aliphatic heterocycles. The van der Waals surface area contributed by atoms with E-state index in [0.29, 0.717) is 18.8 Å². The van der Waals surface area contributed by atoms with Crippen molar-refractivity contribution in [1.29, 1.82) is 5.26 Å². The summed E-state index contributed by atoms with van der Waals surface area (Å²) >= 11 is 0. The molecule has 0 bridgehead atoms. The average molecular weight is 331 g/mol. The molecule has 128 valence electrons. The lowest BCUT2D eigenvalue weighted by atomic mass is 10.2. The number of nitrogens with zero attached hydrogens (tertiary/aromatic N) is 1. The van der Waals surface area contributed by atoms with Crippen LogP contribution >= 0.6 is 0 Å². The van der Waals surface area contributed by atoms with E-state index in [0.717, 1.165) is 6.42 Å². The molecule has 0 spiro atoms. The maximum atomic E-state index is 12.0. The highest BCUT2D eigenvalue weighted by atomic mass is 16.5. The Hall–Kier alpha value is -2.85. The van der Waals surface area contributed by atoms with Crippen molar-refractivity contribution in [2.24, 2.45) is 0 Å². The number of carbonyl (C=O) groups excluding carboxylic acids is 1. The number of nitriles is 1. The Labute approximate surface area is 140 Å². The monoisotopic (exact) mass is 331 g/mol. The predicted molar refractivity (Wildman–Crippen MR) is 89.4 cm³/mol. The number of rotatable bonds is 9. The molecular weight excluding hydrogens is 310 g/mol. The van der Waals surface area contributed by atoms with Crippen molar-refractivity contribution in [1.82, 2.24) is 5.32 Å². The lowest BCUT2D eigenvalue weighted by Gasteiger charge is -2.08. The van der Waals surface area contributed by atoms with E-state index in [2.05, 4.69) is 10.6 Å². The van der Waals surface area contributed by atoms with Gasteiger partial charge in [-0.05, 0) is 38.5 Å². The number of amides is 1. The SMILES string of the molecule is CC(C)OCCCN/C=C(/C#N)C(=O)Nc1cccc(C(=O)O)c1. The minimum atomic E-state index is -1.09. The van der Waals surface area contributed by atoms with E-state index >= 15 is 0 Å². The van der Waals surface area contributed by atoms with Gasteiger partial charge in [-0.15, -0.1) is 0 Å². The molecule has 3 N–H and O–H groups in total. The number of benzene rings is 1. The van der Waals surface area contributed by atoms with Gasteiger partial charge in [-0.3, -0.25) is 4.79 Å². The molecule has 0 aliphatic carbocycles. The van der Waals surface area contributed by atoms with Gasteiger partial charge in [0.2, 0.25) is 0 Å². The van der Waals surface area contributed by atoms with E-state index in [1.165, 1.54) is 24.4 Å². The van der Waals surface area contributed by atoms with E-state index in [1.54, 1.807) is 6.07 Å². The van der Waals surface area contributed by atoms with E-state index in [9.17, 15) is 9.59 Å². The Kier molecular flexibility index (Phi) is 8.02. The smallest absolute Gasteiger partial charge is 0.335 e. The summed E-state index contributed by atoms with van der Waals surface area (Å²) in [4.78, 5) is 22.9. The first-order valence-electron chi connectivity index (χ1n) is 7.54. The third-order valence-corrected chi connectivity index (χ3v) is 2.90. The van der Waals surface area contributed by atoms with Gasteiger partial charge in [0.05, 0.1) is 11.7 Å². The Bertz CT molecular complexity index is 647. The molecule has 0 aromatic heterocycles. The molecular formula is C17H21N3O4. The fraction of sp³-hybridized carbons (Fsp3) is 0.353. The second kappa shape index (κ2) is 10.0. The van der Waals surface area contributed by atoms with Crippen LogP contribution in [0.25, 0.3) is 0 Å². The summed E-state index contributed by atoms with van der Waals surface area (Å²) in [5.74, 6) is -1.70. The maximum Gasteiger partial charge on any atom is 0.335 e. The molecule has 24 heavy (non-hydrogen) atoms. The topological polar surface area (TPSA) is 111 Å². The first-order valence-corrected chi connectivity index (χ1v) is 7.54. The molecule has 7 nitrogen and oxygen atoms in total. The summed E-state index contributed by atoms with van der Waals surface area (Å²) in [5.41, 5.74) is 0.269. The molecule has 1 aromatic rings. The number of carbonyl (C=O) groups is 2. The number of hydrogen-bond acceptors (Lipinski definition) is 5. The first kappa shape index (κ1) is 19.2. The lowest BCUT2D eigenvalue weighted by Crippen LogP contribution is -2.18. The minimum Gasteiger partial charge on any atom is -0.478 e. The van der Waals surface area contributed by atoms with Crippen molar-refractivity contribution in [3.05, 3.63) is 41.6 Å². The molecule has 1 rings (SSSR count). The molecule has 1 aromatic carbocycles. The molecule has 0 atom stereocenters. The van der Waals surface area contributed by atoms with Crippen molar-refractivity contribution < 1.29 is 19.4 Å². The summed E-state index contributed by atoms with van der Waals surface area (Å²) < 4.78 is 5.38. The number of anilines is 1. The molecule has 0 saturated carbocycles. The van der Waals surface area contributed by atoms with Crippen LogP contribution in [0.1, 0.15) is 30.6 Å². The molecule has 1 amide bonds. The van der Waals surface area contributed by atoms with Gasteiger partial charge in [0.1, 0.15) is 11.6 Å². The quantitative estimate of drug-likeness (QED) is 0.363. The number of hydrogen-bond donors (Lipinski definition) is 3. The maximum absolute atomic E-state index is 12.0. The fourth-order valence-corrected chi connectivity index (χ4v) is 1.74. The van der Waals surface area contributed by atoms with Gasteiger partial charge < -0.3 is 20.5 Å². The molecule has 0 unspecified atom stereocenters. The summed E-state index contributed by atoms with van der Waals surface area (Å²) in [7, 11) is 0. The normalized spacial score (nSPS) is 11.0. The number of nitrogens with one attached hydrogen (secondary N) is 2. The zero-order chi connectivity index (χ0) is 17.9. The average Bonchev–Trinajstić information content (AvgIpc) is 2.54. The summed E-state index contributed by atoms with van der Waals surface area (Å²) in [6.45, 7) is 5.06. The van der Waals surface area contributed by atoms with E-state index in [-0.39, 0.29) is 17.2 Å². The second-order valence-electron chi connectivity index (χ2n) is 5.24. The number of aromatic carboxylic acids is 1. The molecule has 0 saturated heterocycles. The van der Waals surface area contributed by atoms with Crippen molar-refractivity contribution in [3.8, 4) is 6.07 Å². The van der Waals surface area contributed by atoms with Crippen LogP contribution in [0.4, 0.5) is 5.69 Å². The number of ether oxygens (including phenoxy) is 1. The van der Waals surface area contributed by atoms with E-state index < -0.39 is 11.9 Å². The fourth-order valence-electron chi connectivity index (χ4n) is 1.74. The van der Waals surface area contributed by atoms with Crippen LogP contribution < -0.4 is 10.6 Å². The highest BCUT2D eigenvalue weighted by Crippen LogP contribution is 2.11. The van der Waals surface area contributed by atoms with Crippen LogP contribution in [-0.2, 0) is 9.53 Å². The Morgan fingerprint density at radius 2 is 2.17 bits per heavy atom. The third kappa shape index (κ3) is 6.94. The van der Waals surface area contributed by atoms with E-state index in [4.69, 9.17) is 15.1 Å². The van der Waals surface area contributed by atoms with Crippen LogP contribution in [0, 0.1) is 11.3 Å². The minimum absolute atomic E-state index is 0.0542. The van der Waals surface area contributed by atoms with Gasteiger partial charge in [-0.2, -0.15) is 5.26 Å². The van der Waals surface area contributed by atoms with Crippen LogP contribution in [0.2, 0.25) is 0 Å². The van der Waals surface area contributed by atoms with E-state index in [1.807, 2.05) is 19.9 Å². The second-order valence-corrected chi connectivity index (χ2v) is 5.24. The largest absolute Gasteiger partial charge is 0.478 e. The van der Waals surface area contributed by atoms with Gasteiger partial charge in [-0.25, -0.2) is 4.79 Å². The van der Waals surface area contributed by atoms with Crippen LogP contribution in [0.5, 0.6) is 0 Å². The molecule has 7 heteroatoms. The summed E-state index contributed by atoms with van der Waals surface area (Å²) in [6.07, 6.45) is 2.25. The highest BCUT2D eigenvalue weighted by Gasteiger charge is 2.10. The van der Waals surface area contributed by atoms with Crippen molar-refractivity contribution in [2.45, 2.75) is 26.4 Å². The molecule has 0 fully saturated rings. The zero-order valence-electron chi connectivity index (χ0n) is 13.7. The van der Waals surface area contributed by atoms with Gasteiger partial charge >= 0.3 is 5.97 Å². The number of carboxylic acid groups (broad SMARTS) is 1. The Morgan fingerprint density at radius 3 is 2.79 bits per heavy atom. The van der Waals surface area contributed by atoms with Gasteiger partial charge in [0, 0.05) is 25.0 Å². The first-order chi connectivity index (χ1) is 11.4.